The normalized spacial score (nSPS) is 13.4. The van der Waals surface area contributed by atoms with Crippen LogP contribution in [0.25, 0.3) is 0 Å². The van der Waals surface area contributed by atoms with E-state index >= 15 is 0 Å². The number of benzene rings is 1. The van der Waals surface area contributed by atoms with Crippen LogP contribution in [0.2, 0.25) is 20.1 Å². The van der Waals surface area contributed by atoms with E-state index in [1.54, 1.807) is 6.92 Å². The molecule has 0 aliphatic carbocycles. The summed E-state index contributed by atoms with van der Waals surface area (Å²) in [6, 6.07) is 0. The number of halogens is 4. The van der Waals surface area contributed by atoms with Gasteiger partial charge in [0.05, 0.1) is 37.8 Å². The quantitative estimate of drug-likeness (QED) is 0.337. The van der Waals surface area contributed by atoms with Gasteiger partial charge < -0.3 is 0 Å². The number of hydrogen-bond donors (Lipinski definition) is 0. The number of nitrogens with zero attached hydrogens (tertiary/aromatic N) is 1. The molecule has 1 heterocycles. The van der Waals surface area contributed by atoms with Gasteiger partial charge in [-0.2, -0.15) is 0 Å². The summed E-state index contributed by atoms with van der Waals surface area (Å²) in [6.07, 6.45) is 0. The van der Waals surface area contributed by atoms with Crippen molar-refractivity contribution >= 4 is 58.2 Å². The Bertz CT molecular complexity index is 626. The zero-order valence-corrected chi connectivity index (χ0v) is 12.5. The van der Waals surface area contributed by atoms with E-state index in [1.807, 2.05) is 0 Å². The standard InChI is InChI=1S/C12H5Cl4NO2/c1-2-3-4-17-11(18)5-6(12(17)19)8(14)10(16)9(15)7(5)13/h4H2,1H3. The van der Waals surface area contributed by atoms with Crippen LogP contribution in [0.1, 0.15) is 27.6 Å². The minimum absolute atomic E-state index is 0.0241. The van der Waals surface area contributed by atoms with E-state index in [4.69, 9.17) is 46.4 Å². The molecule has 0 aromatic heterocycles. The average Bonchev–Trinajstić information content (AvgIpc) is 2.63. The number of carbonyl (C=O) groups excluding carboxylic acids is 2. The first-order valence-corrected chi connectivity index (χ1v) is 6.54. The van der Waals surface area contributed by atoms with E-state index in [0.717, 1.165) is 4.90 Å². The van der Waals surface area contributed by atoms with Gasteiger partial charge in [0.15, 0.2) is 0 Å². The summed E-state index contributed by atoms with van der Waals surface area (Å²) >= 11 is 23.7. The molecular formula is C12H5Cl4NO2. The first kappa shape index (κ1) is 14.5. The van der Waals surface area contributed by atoms with Gasteiger partial charge in [0.25, 0.3) is 11.8 Å². The third-order valence-electron chi connectivity index (χ3n) is 2.60. The lowest BCUT2D eigenvalue weighted by Gasteiger charge is -2.08. The summed E-state index contributed by atoms with van der Waals surface area (Å²) in [5.74, 6) is 4.08. The van der Waals surface area contributed by atoms with Crippen molar-refractivity contribution in [1.82, 2.24) is 4.90 Å². The lowest BCUT2D eigenvalue weighted by molar-refractivity contribution is 0.0675. The van der Waals surface area contributed by atoms with E-state index in [0.29, 0.717) is 0 Å². The second-order valence-electron chi connectivity index (χ2n) is 3.63. The van der Waals surface area contributed by atoms with Gasteiger partial charge in [0, 0.05) is 0 Å². The van der Waals surface area contributed by atoms with Crippen molar-refractivity contribution in [2.75, 3.05) is 6.54 Å². The van der Waals surface area contributed by atoms with E-state index in [-0.39, 0.29) is 37.8 Å². The molecule has 2 rings (SSSR count). The van der Waals surface area contributed by atoms with Crippen molar-refractivity contribution < 1.29 is 9.59 Å². The fraction of sp³-hybridized carbons (Fsp3) is 0.167. The smallest absolute Gasteiger partial charge is 0.264 e. The van der Waals surface area contributed by atoms with Crippen LogP contribution in [-0.2, 0) is 0 Å². The van der Waals surface area contributed by atoms with Crippen molar-refractivity contribution in [2.45, 2.75) is 6.92 Å². The molecule has 0 bridgehead atoms. The molecule has 0 saturated heterocycles. The summed E-state index contributed by atoms with van der Waals surface area (Å²) in [4.78, 5) is 25.2. The molecule has 7 heteroatoms. The monoisotopic (exact) mass is 335 g/mol. The topological polar surface area (TPSA) is 37.4 Å². The molecule has 0 radical (unpaired) electrons. The van der Waals surface area contributed by atoms with Crippen LogP contribution in [0.5, 0.6) is 0 Å². The van der Waals surface area contributed by atoms with Gasteiger partial charge in [-0.3, -0.25) is 14.5 Å². The Labute approximate surface area is 129 Å². The minimum atomic E-state index is -0.576. The molecule has 3 nitrogen and oxygen atoms in total. The Morgan fingerprint density at radius 1 is 0.895 bits per heavy atom. The Balaban J connectivity index is 2.68. The Hall–Kier alpha value is -0.920. The average molecular weight is 337 g/mol. The zero-order chi connectivity index (χ0) is 14.3. The van der Waals surface area contributed by atoms with Crippen LogP contribution in [0.4, 0.5) is 0 Å². The van der Waals surface area contributed by atoms with Gasteiger partial charge in [-0.15, -0.1) is 5.92 Å². The van der Waals surface area contributed by atoms with Crippen LogP contribution in [0.3, 0.4) is 0 Å². The molecule has 1 aliphatic rings. The molecule has 19 heavy (non-hydrogen) atoms. The molecule has 0 N–H and O–H groups in total. The highest BCUT2D eigenvalue weighted by atomic mass is 35.5. The molecule has 98 valence electrons. The number of carbonyl (C=O) groups is 2. The second-order valence-corrected chi connectivity index (χ2v) is 5.14. The van der Waals surface area contributed by atoms with Gasteiger partial charge >= 0.3 is 0 Å². The molecule has 1 aromatic carbocycles. The maximum atomic E-state index is 12.1. The van der Waals surface area contributed by atoms with Crippen LogP contribution in [0, 0.1) is 11.8 Å². The summed E-state index contributed by atoms with van der Waals surface area (Å²) in [5, 5.41) is -0.235. The van der Waals surface area contributed by atoms with Gasteiger partial charge in [-0.25, -0.2) is 0 Å². The SMILES string of the molecule is CC#CCN1C(=O)c2c(Cl)c(Cl)c(Cl)c(Cl)c2C1=O. The number of rotatable bonds is 1. The fourth-order valence-corrected chi connectivity index (χ4v) is 2.71. The predicted octanol–water partition coefficient (Wildman–Crippen LogP) is 3.92. The molecule has 0 spiro atoms. The maximum Gasteiger partial charge on any atom is 0.264 e. The molecular weight excluding hydrogens is 332 g/mol. The second kappa shape index (κ2) is 5.22. The molecule has 1 aliphatic heterocycles. The van der Waals surface area contributed by atoms with Crippen molar-refractivity contribution in [1.29, 1.82) is 0 Å². The first-order chi connectivity index (χ1) is 8.91. The minimum Gasteiger partial charge on any atom is -0.268 e. The molecule has 2 amide bonds. The third-order valence-corrected chi connectivity index (χ3v) is 4.40. The van der Waals surface area contributed by atoms with Crippen molar-refractivity contribution in [3.8, 4) is 11.8 Å². The number of amides is 2. The first-order valence-electron chi connectivity index (χ1n) is 5.03. The van der Waals surface area contributed by atoms with E-state index in [2.05, 4.69) is 11.8 Å². The molecule has 0 fully saturated rings. The number of fused-ring (bicyclic) bond motifs is 1. The summed E-state index contributed by atoms with van der Waals surface area (Å²) < 4.78 is 0. The van der Waals surface area contributed by atoms with E-state index in [9.17, 15) is 9.59 Å². The van der Waals surface area contributed by atoms with Crippen LogP contribution < -0.4 is 0 Å². The van der Waals surface area contributed by atoms with E-state index < -0.39 is 11.8 Å². The summed E-state index contributed by atoms with van der Waals surface area (Å²) in [5.41, 5.74) is -0.0482. The Morgan fingerprint density at radius 3 is 1.68 bits per heavy atom. The van der Waals surface area contributed by atoms with Gasteiger partial charge in [0.2, 0.25) is 0 Å². The summed E-state index contributed by atoms with van der Waals surface area (Å²) in [7, 11) is 0. The molecule has 1 aromatic rings. The fourth-order valence-electron chi connectivity index (χ4n) is 1.70. The Kier molecular flexibility index (Phi) is 3.98. The van der Waals surface area contributed by atoms with Crippen LogP contribution in [0.15, 0.2) is 0 Å². The zero-order valence-electron chi connectivity index (χ0n) is 9.48. The third kappa shape index (κ3) is 2.09. The highest BCUT2D eigenvalue weighted by Crippen LogP contribution is 2.44. The highest BCUT2D eigenvalue weighted by Gasteiger charge is 2.41. The predicted molar refractivity (Wildman–Crippen MR) is 75.3 cm³/mol. The van der Waals surface area contributed by atoms with E-state index in [1.165, 1.54) is 0 Å². The van der Waals surface area contributed by atoms with Gasteiger partial charge in [-0.05, 0) is 6.92 Å². The van der Waals surface area contributed by atoms with Gasteiger partial charge in [-0.1, -0.05) is 52.3 Å². The van der Waals surface area contributed by atoms with Crippen molar-refractivity contribution in [3.05, 3.63) is 31.2 Å². The van der Waals surface area contributed by atoms with Crippen LogP contribution >= 0.6 is 46.4 Å². The lowest BCUT2D eigenvalue weighted by Crippen LogP contribution is -2.30. The molecule has 0 atom stereocenters. The van der Waals surface area contributed by atoms with Crippen molar-refractivity contribution in [3.63, 3.8) is 0 Å². The Morgan fingerprint density at radius 2 is 1.32 bits per heavy atom. The lowest BCUT2D eigenvalue weighted by atomic mass is 10.1. The maximum absolute atomic E-state index is 12.1. The summed E-state index contributed by atoms with van der Waals surface area (Å²) in [6.45, 7) is 1.57. The number of imide groups is 1. The van der Waals surface area contributed by atoms with Crippen molar-refractivity contribution in [2.24, 2.45) is 0 Å². The van der Waals surface area contributed by atoms with Gasteiger partial charge in [0.1, 0.15) is 0 Å². The molecule has 0 unspecified atom stereocenters. The highest BCUT2D eigenvalue weighted by molar-refractivity contribution is 6.55. The van der Waals surface area contributed by atoms with Crippen LogP contribution in [-0.4, -0.2) is 23.3 Å². The largest absolute Gasteiger partial charge is 0.268 e. The molecule has 0 saturated carbocycles. The number of hydrogen-bond acceptors (Lipinski definition) is 2.